The Morgan fingerprint density at radius 1 is 0.636 bits per heavy atom. The van der Waals surface area contributed by atoms with Crippen molar-refractivity contribution in [1.82, 2.24) is 5.32 Å². The number of carbonyl (C=O) groups is 2. The molecule has 0 aliphatic carbocycles. The summed E-state index contributed by atoms with van der Waals surface area (Å²) < 4.78 is 11.2. The van der Waals surface area contributed by atoms with E-state index in [1.54, 1.807) is 48.5 Å². The van der Waals surface area contributed by atoms with Crippen molar-refractivity contribution in [1.29, 1.82) is 0 Å². The van der Waals surface area contributed by atoms with Gasteiger partial charge in [-0.3, -0.25) is 14.9 Å². The number of para-hydroxylation sites is 2. The van der Waals surface area contributed by atoms with Crippen molar-refractivity contribution < 1.29 is 18.4 Å². The number of carbonyl (C=O) groups excluding carboxylic acids is 2. The van der Waals surface area contributed by atoms with Crippen molar-refractivity contribution in [2.75, 3.05) is 10.6 Å². The van der Waals surface area contributed by atoms with Gasteiger partial charge in [-0.1, -0.05) is 42.5 Å². The normalized spacial score (nSPS) is 10.8. The molecule has 0 atom stereocenters. The van der Waals surface area contributed by atoms with E-state index in [9.17, 15) is 9.59 Å². The first kappa shape index (κ1) is 20.5. The number of benzene rings is 3. The van der Waals surface area contributed by atoms with Crippen LogP contribution in [0.25, 0.3) is 21.9 Å². The predicted octanol–water partition coefficient (Wildman–Crippen LogP) is 5.56. The van der Waals surface area contributed by atoms with Gasteiger partial charge in [0.05, 0.1) is 0 Å². The summed E-state index contributed by atoms with van der Waals surface area (Å²) in [7, 11) is 0. The van der Waals surface area contributed by atoms with Crippen LogP contribution in [0, 0.1) is 0 Å². The molecule has 0 unspecified atom stereocenters. The van der Waals surface area contributed by atoms with Crippen molar-refractivity contribution >= 4 is 62.5 Å². The first-order valence-corrected chi connectivity index (χ1v) is 10.5. The summed E-state index contributed by atoms with van der Waals surface area (Å²) in [5.41, 5.74) is 2.39. The Morgan fingerprint density at radius 2 is 1.18 bits per heavy atom. The van der Waals surface area contributed by atoms with Crippen LogP contribution in [0.3, 0.4) is 0 Å². The Labute approximate surface area is 193 Å². The number of nitrogens with one attached hydrogen (secondary N) is 3. The molecule has 8 heteroatoms. The summed E-state index contributed by atoms with van der Waals surface area (Å²) in [5, 5.41) is 10.1. The van der Waals surface area contributed by atoms with Gasteiger partial charge in [0.15, 0.2) is 16.6 Å². The summed E-state index contributed by atoms with van der Waals surface area (Å²) in [5.74, 6) is -0.461. The minimum atomic E-state index is -0.460. The second-order valence-corrected chi connectivity index (χ2v) is 7.65. The maximum absolute atomic E-state index is 12.6. The number of furan rings is 2. The summed E-state index contributed by atoms with van der Waals surface area (Å²) in [6.45, 7) is 0. The first-order chi connectivity index (χ1) is 16.0. The van der Waals surface area contributed by atoms with E-state index in [4.69, 9.17) is 21.1 Å². The van der Waals surface area contributed by atoms with E-state index in [0.29, 0.717) is 22.5 Å². The Bertz CT molecular complexity index is 1450. The molecule has 0 bridgehead atoms. The lowest BCUT2D eigenvalue weighted by Gasteiger charge is -2.10. The highest BCUT2D eigenvalue weighted by atomic mass is 32.1. The van der Waals surface area contributed by atoms with Crippen LogP contribution in [0.1, 0.15) is 21.1 Å². The highest BCUT2D eigenvalue weighted by Crippen LogP contribution is 2.22. The van der Waals surface area contributed by atoms with Crippen LogP contribution in [0.4, 0.5) is 11.4 Å². The lowest BCUT2D eigenvalue weighted by atomic mass is 10.2. The standard InChI is InChI=1S/C25H17N3O4S/c29-23(21-12-15-6-1-3-10-19(15)31-21)26-17-8-5-9-18(14-17)27-25(33)28-24(30)22-13-16-7-2-4-11-20(16)32-22/h1-14H,(H,26,29)(H2,27,28,30,33). The third kappa shape index (κ3) is 4.46. The van der Waals surface area contributed by atoms with E-state index in [-0.39, 0.29) is 22.5 Å². The molecule has 0 saturated heterocycles. The fourth-order valence-corrected chi connectivity index (χ4v) is 3.59. The van der Waals surface area contributed by atoms with Crippen LogP contribution >= 0.6 is 12.2 Å². The molecule has 5 rings (SSSR count). The highest BCUT2D eigenvalue weighted by Gasteiger charge is 2.15. The molecule has 2 heterocycles. The topological polar surface area (TPSA) is 96.5 Å². The average molecular weight is 455 g/mol. The van der Waals surface area contributed by atoms with Gasteiger partial charge in [-0.25, -0.2) is 0 Å². The second-order valence-electron chi connectivity index (χ2n) is 7.24. The Morgan fingerprint density at radius 3 is 1.79 bits per heavy atom. The van der Waals surface area contributed by atoms with Crippen LogP contribution in [-0.2, 0) is 0 Å². The van der Waals surface area contributed by atoms with Crippen molar-refractivity contribution in [3.8, 4) is 0 Å². The number of hydrogen-bond donors (Lipinski definition) is 3. The third-order valence-electron chi connectivity index (χ3n) is 4.90. The third-order valence-corrected chi connectivity index (χ3v) is 5.11. The van der Waals surface area contributed by atoms with E-state index in [2.05, 4.69) is 16.0 Å². The van der Waals surface area contributed by atoms with Crippen molar-refractivity contribution in [3.05, 3.63) is 96.4 Å². The van der Waals surface area contributed by atoms with Gasteiger partial charge < -0.3 is 19.5 Å². The van der Waals surface area contributed by atoms with Crippen LogP contribution in [0.5, 0.6) is 0 Å². The molecule has 2 aromatic heterocycles. The van der Waals surface area contributed by atoms with Gasteiger partial charge in [0.2, 0.25) is 0 Å². The zero-order chi connectivity index (χ0) is 22.8. The minimum absolute atomic E-state index is 0.0983. The van der Waals surface area contributed by atoms with E-state index >= 15 is 0 Å². The molecule has 0 radical (unpaired) electrons. The first-order valence-electron chi connectivity index (χ1n) is 10.1. The van der Waals surface area contributed by atoms with Crippen LogP contribution in [0.15, 0.2) is 93.8 Å². The molecular formula is C25H17N3O4S. The molecule has 0 saturated carbocycles. The van der Waals surface area contributed by atoms with Gasteiger partial charge in [-0.2, -0.15) is 0 Å². The van der Waals surface area contributed by atoms with Crippen LogP contribution in [0.2, 0.25) is 0 Å². The van der Waals surface area contributed by atoms with Gasteiger partial charge in [0, 0.05) is 22.1 Å². The maximum Gasteiger partial charge on any atom is 0.293 e. The van der Waals surface area contributed by atoms with Gasteiger partial charge in [-0.15, -0.1) is 0 Å². The van der Waals surface area contributed by atoms with Crippen molar-refractivity contribution in [2.24, 2.45) is 0 Å². The number of anilines is 2. The van der Waals surface area contributed by atoms with Gasteiger partial charge in [0.1, 0.15) is 11.2 Å². The van der Waals surface area contributed by atoms with E-state index in [1.165, 1.54) is 0 Å². The number of hydrogen-bond acceptors (Lipinski definition) is 5. The molecule has 0 spiro atoms. The quantitative estimate of drug-likeness (QED) is 0.307. The fraction of sp³-hybridized carbons (Fsp3) is 0. The smallest absolute Gasteiger partial charge is 0.293 e. The lowest BCUT2D eigenvalue weighted by Crippen LogP contribution is -2.33. The number of thiocarbonyl (C=S) groups is 1. The highest BCUT2D eigenvalue weighted by molar-refractivity contribution is 7.80. The van der Waals surface area contributed by atoms with Gasteiger partial charge in [0.25, 0.3) is 11.8 Å². The fourth-order valence-electron chi connectivity index (χ4n) is 3.38. The molecular weight excluding hydrogens is 438 g/mol. The summed E-state index contributed by atoms with van der Waals surface area (Å²) in [6.07, 6.45) is 0. The maximum atomic E-state index is 12.6. The van der Waals surface area contributed by atoms with Crippen molar-refractivity contribution in [3.63, 3.8) is 0 Å². The monoisotopic (exact) mass is 455 g/mol. The molecule has 5 aromatic rings. The van der Waals surface area contributed by atoms with Crippen molar-refractivity contribution in [2.45, 2.75) is 0 Å². The largest absolute Gasteiger partial charge is 0.451 e. The molecule has 3 N–H and O–H groups in total. The zero-order valence-corrected chi connectivity index (χ0v) is 17.9. The molecule has 7 nitrogen and oxygen atoms in total. The Kier molecular flexibility index (Phi) is 5.34. The Hall–Kier alpha value is -4.43. The minimum Gasteiger partial charge on any atom is -0.451 e. The van der Waals surface area contributed by atoms with Crippen LogP contribution < -0.4 is 16.0 Å². The van der Waals surface area contributed by atoms with E-state index < -0.39 is 5.91 Å². The number of amides is 2. The predicted molar refractivity (Wildman–Crippen MR) is 131 cm³/mol. The molecule has 162 valence electrons. The lowest BCUT2D eigenvalue weighted by molar-refractivity contribution is 0.0951. The molecule has 33 heavy (non-hydrogen) atoms. The zero-order valence-electron chi connectivity index (χ0n) is 17.1. The number of fused-ring (bicyclic) bond motifs is 2. The van der Waals surface area contributed by atoms with Gasteiger partial charge >= 0.3 is 0 Å². The van der Waals surface area contributed by atoms with Crippen LogP contribution in [-0.4, -0.2) is 16.9 Å². The summed E-state index contributed by atoms with van der Waals surface area (Å²) >= 11 is 5.25. The summed E-state index contributed by atoms with van der Waals surface area (Å²) in [6, 6.07) is 25.0. The molecule has 0 fully saturated rings. The molecule has 3 aromatic carbocycles. The Balaban J connectivity index is 1.23. The molecule has 0 aliphatic rings. The van der Waals surface area contributed by atoms with E-state index in [1.807, 2.05) is 36.4 Å². The number of rotatable bonds is 4. The van der Waals surface area contributed by atoms with E-state index in [0.717, 1.165) is 10.8 Å². The SMILES string of the molecule is O=C(NC(=S)Nc1cccc(NC(=O)c2cc3ccccc3o2)c1)c1cc2ccccc2o1. The van der Waals surface area contributed by atoms with Gasteiger partial charge in [-0.05, 0) is 54.7 Å². The molecule has 2 amide bonds. The molecule has 0 aliphatic heterocycles. The average Bonchev–Trinajstić information content (AvgIpc) is 3.43. The summed E-state index contributed by atoms with van der Waals surface area (Å²) in [4.78, 5) is 25.0. The second kappa shape index (κ2) is 8.60.